The predicted molar refractivity (Wildman–Crippen MR) is 110 cm³/mol. The van der Waals surface area contributed by atoms with E-state index in [1.165, 1.54) is 9.80 Å². The lowest BCUT2D eigenvalue weighted by Gasteiger charge is -2.27. The number of methoxy groups -OCH3 is 1. The zero-order valence-corrected chi connectivity index (χ0v) is 17.2. The third-order valence-corrected chi connectivity index (χ3v) is 5.88. The molecule has 0 atom stereocenters. The molecule has 0 radical (unpaired) electrons. The van der Waals surface area contributed by atoms with Gasteiger partial charge in [0.2, 0.25) is 5.78 Å². The molecule has 2 aliphatic rings. The number of aryl methyl sites for hydroxylation is 1. The van der Waals surface area contributed by atoms with Gasteiger partial charge in [0, 0.05) is 5.56 Å². The summed E-state index contributed by atoms with van der Waals surface area (Å²) in [6.45, 7) is 6.75. The molecule has 2 aromatic carbocycles. The van der Waals surface area contributed by atoms with Crippen LogP contribution in [0, 0.1) is 6.92 Å². The van der Waals surface area contributed by atoms with Gasteiger partial charge in [0.25, 0.3) is 0 Å². The van der Waals surface area contributed by atoms with Crippen molar-refractivity contribution in [1.82, 2.24) is 0 Å². The summed E-state index contributed by atoms with van der Waals surface area (Å²) in [4.78, 5) is 16.0. The fraction of sp³-hybridized carbons (Fsp3) is 0.348. The van der Waals surface area contributed by atoms with Crippen LogP contribution in [0.25, 0.3) is 6.08 Å². The Morgan fingerprint density at radius 1 is 1.21 bits per heavy atom. The van der Waals surface area contributed by atoms with Crippen molar-refractivity contribution in [2.75, 3.05) is 40.3 Å². The lowest BCUT2D eigenvalue weighted by Crippen LogP contribution is -3.26. The van der Waals surface area contributed by atoms with E-state index in [4.69, 9.17) is 9.47 Å². The fourth-order valence-electron chi connectivity index (χ4n) is 4.13. The molecule has 1 fully saturated rings. The van der Waals surface area contributed by atoms with Gasteiger partial charge in [-0.25, -0.2) is 0 Å². The van der Waals surface area contributed by atoms with Gasteiger partial charge in [-0.1, -0.05) is 18.2 Å². The molecule has 0 saturated carbocycles. The van der Waals surface area contributed by atoms with Gasteiger partial charge in [-0.2, -0.15) is 0 Å². The monoisotopic (exact) mass is 396 g/mol. The van der Waals surface area contributed by atoms with Crippen LogP contribution in [-0.4, -0.2) is 51.2 Å². The quantitative estimate of drug-likeness (QED) is 0.648. The second-order valence-electron chi connectivity index (χ2n) is 7.96. The van der Waals surface area contributed by atoms with Crippen molar-refractivity contribution in [3.63, 3.8) is 0 Å². The number of piperazine rings is 1. The minimum atomic E-state index is -0.150. The molecule has 29 heavy (non-hydrogen) atoms. The van der Waals surface area contributed by atoms with Gasteiger partial charge in [0.1, 0.15) is 44.2 Å². The molecule has 2 aromatic rings. The highest BCUT2D eigenvalue weighted by atomic mass is 16.5. The number of benzene rings is 2. The van der Waals surface area contributed by atoms with E-state index in [1.807, 2.05) is 31.2 Å². The first-order valence-electron chi connectivity index (χ1n) is 10.1. The number of likely N-dealkylation sites (N-methyl/N-ethyl adjacent to an activating group) is 1. The van der Waals surface area contributed by atoms with Gasteiger partial charge >= 0.3 is 0 Å². The van der Waals surface area contributed by atoms with Crippen LogP contribution in [0.2, 0.25) is 0 Å². The summed E-state index contributed by atoms with van der Waals surface area (Å²) in [5.41, 5.74) is 2.78. The van der Waals surface area contributed by atoms with Crippen LogP contribution < -0.4 is 19.3 Å². The molecular formula is C23H28N2O4+2. The Morgan fingerprint density at radius 3 is 2.66 bits per heavy atom. The first-order valence-corrected chi connectivity index (χ1v) is 10.1. The third kappa shape index (κ3) is 3.73. The molecule has 6 heteroatoms. The van der Waals surface area contributed by atoms with E-state index in [2.05, 4.69) is 7.05 Å². The van der Waals surface area contributed by atoms with Crippen molar-refractivity contribution in [3.8, 4) is 17.2 Å². The Labute approximate surface area is 171 Å². The number of nitrogens with one attached hydrogen (secondary N) is 2. The Morgan fingerprint density at radius 2 is 1.93 bits per heavy atom. The number of para-hydroxylation sites is 1. The van der Waals surface area contributed by atoms with Gasteiger partial charge in [-0.3, -0.25) is 4.79 Å². The Hall–Kier alpha value is -2.83. The SMILES string of the molecule is COc1ccccc1/C=C1\Oc2c(C[NH+]3CC[NH+](C)CC3)c(O)cc(C)c2C1=O. The molecule has 2 heterocycles. The highest BCUT2D eigenvalue weighted by Gasteiger charge is 2.35. The predicted octanol–water partition coefficient (Wildman–Crippen LogP) is 0.239. The number of aromatic hydroxyl groups is 1. The summed E-state index contributed by atoms with van der Waals surface area (Å²) >= 11 is 0. The number of phenols is 1. The highest BCUT2D eigenvalue weighted by Crippen LogP contribution is 2.41. The maximum atomic E-state index is 13.1. The number of ketones is 1. The standard InChI is InChI=1S/C23H26N2O4/c1-15-12-18(26)17(14-25-10-8-24(2)9-11-25)23-21(15)22(27)20(29-23)13-16-6-4-5-7-19(16)28-3/h4-7,12-13,26H,8-11,14H2,1-3H3/p+2/b20-13-. The van der Waals surface area contributed by atoms with Crippen LogP contribution in [0.4, 0.5) is 0 Å². The molecule has 0 bridgehead atoms. The normalized spacial score (nSPS) is 22.4. The van der Waals surface area contributed by atoms with Crippen LogP contribution in [0.3, 0.4) is 0 Å². The number of Topliss-reactive ketones (excluding diaryl/α,β-unsaturated/α-hetero) is 1. The summed E-state index contributed by atoms with van der Waals surface area (Å²) in [6, 6.07) is 9.19. The first-order chi connectivity index (χ1) is 14.0. The topological polar surface area (TPSA) is 64.6 Å². The Balaban J connectivity index is 1.69. The summed E-state index contributed by atoms with van der Waals surface area (Å²) in [5.74, 6) is 1.50. The molecule has 2 aliphatic heterocycles. The molecule has 0 aromatic heterocycles. The van der Waals surface area contributed by atoms with E-state index in [-0.39, 0.29) is 17.3 Å². The molecular weight excluding hydrogens is 368 g/mol. The van der Waals surface area contributed by atoms with Crippen LogP contribution in [-0.2, 0) is 6.54 Å². The number of carbonyl (C=O) groups excluding carboxylic acids is 1. The van der Waals surface area contributed by atoms with Crippen molar-refractivity contribution < 1.29 is 29.2 Å². The average molecular weight is 396 g/mol. The Kier molecular flexibility index (Phi) is 5.30. The lowest BCUT2D eigenvalue weighted by molar-refractivity contribution is -1.01. The summed E-state index contributed by atoms with van der Waals surface area (Å²) in [6.07, 6.45) is 1.72. The molecule has 1 saturated heterocycles. The number of fused-ring (bicyclic) bond motifs is 1. The molecule has 3 N–H and O–H groups in total. The number of allylic oxidation sites excluding steroid dienone is 1. The number of rotatable bonds is 4. The molecule has 0 aliphatic carbocycles. The maximum Gasteiger partial charge on any atom is 0.232 e. The van der Waals surface area contributed by atoms with Crippen LogP contribution >= 0.6 is 0 Å². The van der Waals surface area contributed by atoms with Crippen molar-refractivity contribution >= 4 is 11.9 Å². The van der Waals surface area contributed by atoms with E-state index < -0.39 is 0 Å². The van der Waals surface area contributed by atoms with Crippen molar-refractivity contribution in [2.45, 2.75) is 13.5 Å². The summed E-state index contributed by atoms with van der Waals surface area (Å²) in [7, 11) is 3.80. The average Bonchev–Trinajstić information content (AvgIpc) is 3.03. The van der Waals surface area contributed by atoms with Gasteiger partial charge in [0.05, 0.1) is 25.3 Å². The summed E-state index contributed by atoms with van der Waals surface area (Å²) < 4.78 is 11.4. The Bertz CT molecular complexity index is 975. The number of ether oxygens (including phenoxy) is 2. The van der Waals surface area contributed by atoms with E-state index in [1.54, 1.807) is 19.3 Å². The molecule has 0 spiro atoms. The molecule has 0 amide bonds. The van der Waals surface area contributed by atoms with Crippen molar-refractivity contribution in [2.24, 2.45) is 0 Å². The fourth-order valence-corrected chi connectivity index (χ4v) is 4.13. The molecule has 4 rings (SSSR count). The number of phenolic OH excluding ortho intramolecular Hbond substituents is 1. The smallest absolute Gasteiger partial charge is 0.232 e. The number of quaternary nitrogens is 2. The maximum absolute atomic E-state index is 13.1. The zero-order chi connectivity index (χ0) is 20.5. The van der Waals surface area contributed by atoms with E-state index in [0.717, 1.165) is 42.9 Å². The molecule has 6 nitrogen and oxygen atoms in total. The number of hydrogen-bond acceptors (Lipinski definition) is 4. The zero-order valence-electron chi connectivity index (χ0n) is 17.2. The number of hydrogen-bond donors (Lipinski definition) is 3. The summed E-state index contributed by atoms with van der Waals surface area (Å²) in [5, 5.41) is 10.6. The van der Waals surface area contributed by atoms with Gasteiger partial charge in [-0.15, -0.1) is 0 Å². The lowest BCUT2D eigenvalue weighted by atomic mass is 9.99. The second kappa shape index (κ2) is 7.89. The minimum Gasteiger partial charge on any atom is -0.507 e. The first kappa shape index (κ1) is 19.5. The van der Waals surface area contributed by atoms with E-state index >= 15 is 0 Å². The van der Waals surface area contributed by atoms with Crippen LogP contribution in [0.5, 0.6) is 17.2 Å². The minimum absolute atomic E-state index is 0.150. The molecule has 0 unspecified atom stereocenters. The molecule has 152 valence electrons. The second-order valence-corrected chi connectivity index (χ2v) is 7.96. The van der Waals surface area contributed by atoms with Crippen LogP contribution in [0.15, 0.2) is 36.1 Å². The van der Waals surface area contributed by atoms with Gasteiger partial charge in [-0.05, 0) is 30.7 Å². The van der Waals surface area contributed by atoms with Gasteiger partial charge in [0.15, 0.2) is 11.5 Å². The highest BCUT2D eigenvalue weighted by molar-refractivity contribution is 6.16. The third-order valence-electron chi connectivity index (χ3n) is 5.88. The number of carbonyl (C=O) groups is 1. The largest absolute Gasteiger partial charge is 0.507 e. The van der Waals surface area contributed by atoms with Crippen molar-refractivity contribution in [3.05, 3.63) is 58.3 Å². The van der Waals surface area contributed by atoms with Crippen molar-refractivity contribution in [1.29, 1.82) is 0 Å². The van der Waals surface area contributed by atoms with E-state index in [9.17, 15) is 9.90 Å². The van der Waals surface area contributed by atoms with Crippen LogP contribution in [0.1, 0.15) is 27.0 Å². The van der Waals surface area contributed by atoms with Gasteiger partial charge < -0.3 is 24.4 Å². The van der Waals surface area contributed by atoms with E-state index in [0.29, 0.717) is 23.6 Å².